The van der Waals surface area contributed by atoms with Crippen LogP contribution >= 0.6 is 0 Å². The Labute approximate surface area is 246 Å². The van der Waals surface area contributed by atoms with Crippen LogP contribution in [0.15, 0.2) is 70.8 Å². The lowest BCUT2D eigenvalue weighted by Gasteiger charge is -2.42. The van der Waals surface area contributed by atoms with Crippen molar-refractivity contribution in [1.29, 1.82) is 0 Å². The van der Waals surface area contributed by atoms with Gasteiger partial charge in [-0.1, -0.05) is 11.6 Å². The number of ketones is 2. The third kappa shape index (κ3) is 4.46. The highest BCUT2D eigenvalue weighted by Gasteiger charge is 2.57. The molecule has 2 aromatic rings. The molecule has 44 heavy (non-hydrogen) atoms. The smallest absolute Gasteiger partial charge is 0.508 e. The minimum absolute atomic E-state index is 0.00760. The number of carbonyl (C=O) groups is 5. The van der Waals surface area contributed by atoms with Crippen molar-refractivity contribution in [1.82, 2.24) is 0 Å². The number of benzene rings is 2. The van der Waals surface area contributed by atoms with Crippen molar-refractivity contribution in [2.45, 2.75) is 32.0 Å². The van der Waals surface area contributed by atoms with Gasteiger partial charge < -0.3 is 20.1 Å². The standard InChI is InChI=1S/C31H22F3NO9/c1-12-8-22(37)20-11-18-15(24(26(20)27(12)39)19-10-14(3-7-21(19)36)44-31(32,33)34)5-6-17-25(18)29(41)35(28(17)40)13-2-4-16(30(42)43)23(38)9-13/h2-5,7-10,17-18,24-25,36,38H,6,11H2,1H3,(H,42,43). The van der Waals surface area contributed by atoms with E-state index in [1.807, 2.05) is 0 Å². The van der Waals surface area contributed by atoms with Crippen LogP contribution < -0.4 is 9.64 Å². The Morgan fingerprint density at radius 3 is 2.36 bits per heavy atom. The number of fused-ring (bicyclic) bond motifs is 3. The van der Waals surface area contributed by atoms with Gasteiger partial charge in [-0.15, -0.1) is 13.2 Å². The summed E-state index contributed by atoms with van der Waals surface area (Å²) >= 11 is 0. The molecule has 1 saturated heterocycles. The number of imide groups is 1. The van der Waals surface area contributed by atoms with Gasteiger partial charge >= 0.3 is 12.3 Å². The number of phenols is 2. The number of rotatable bonds is 4. The lowest BCUT2D eigenvalue weighted by Crippen LogP contribution is -2.39. The molecule has 0 radical (unpaired) electrons. The molecule has 0 spiro atoms. The van der Waals surface area contributed by atoms with Gasteiger partial charge in [-0.3, -0.25) is 19.2 Å². The molecule has 13 heteroatoms. The number of hydrogen-bond donors (Lipinski definition) is 3. The summed E-state index contributed by atoms with van der Waals surface area (Å²) in [6.07, 6.45) is -2.44. The molecule has 2 aromatic carbocycles. The molecule has 6 rings (SSSR count). The summed E-state index contributed by atoms with van der Waals surface area (Å²) in [7, 11) is 0. The highest BCUT2D eigenvalue weighted by atomic mass is 19.4. The number of halogens is 3. The summed E-state index contributed by atoms with van der Waals surface area (Å²) < 4.78 is 43.3. The Kier molecular flexibility index (Phi) is 6.52. The highest BCUT2D eigenvalue weighted by molar-refractivity contribution is 6.25. The van der Waals surface area contributed by atoms with Crippen molar-refractivity contribution in [2.24, 2.45) is 17.8 Å². The number of anilines is 1. The molecule has 1 heterocycles. The predicted molar refractivity (Wildman–Crippen MR) is 144 cm³/mol. The van der Waals surface area contributed by atoms with Gasteiger partial charge in [-0.2, -0.15) is 0 Å². The Balaban J connectivity index is 1.47. The molecule has 2 amide bonds. The van der Waals surface area contributed by atoms with Crippen LogP contribution in [0.25, 0.3) is 0 Å². The summed E-state index contributed by atoms with van der Waals surface area (Å²) in [6, 6.07) is 6.04. The average Bonchev–Trinajstić information content (AvgIpc) is 3.20. The maximum Gasteiger partial charge on any atom is 0.573 e. The van der Waals surface area contributed by atoms with Crippen LogP contribution in [0.5, 0.6) is 17.2 Å². The van der Waals surface area contributed by atoms with Crippen molar-refractivity contribution in [2.75, 3.05) is 4.90 Å². The number of alkyl halides is 3. The number of amides is 2. The van der Waals surface area contributed by atoms with E-state index in [1.165, 1.54) is 13.0 Å². The molecule has 4 aliphatic rings. The number of hydrogen-bond acceptors (Lipinski definition) is 8. The van der Waals surface area contributed by atoms with Gasteiger partial charge in [0.15, 0.2) is 11.6 Å². The summed E-state index contributed by atoms with van der Waals surface area (Å²) in [6.45, 7) is 1.42. The van der Waals surface area contributed by atoms with Crippen molar-refractivity contribution >= 4 is 35.0 Å². The number of carboxylic acids is 1. The van der Waals surface area contributed by atoms with E-state index in [4.69, 9.17) is 0 Å². The molecule has 0 aromatic heterocycles. The zero-order chi connectivity index (χ0) is 31.8. The van der Waals surface area contributed by atoms with Crippen LogP contribution in [0.1, 0.15) is 41.6 Å². The van der Waals surface area contributed by atoms with E-state index >= 15 is 0 Å². The van der Waals surface area contributed by atoms with E-state index in [0.717, 1.165) is 41.3 Å². The monoisotopic (exact) mass is 609 g/mol. The molecule has 4 atom stereocenters. The molecule has 1 fully saturated rings. The quantitative estimate of drug-likeness (QED) is 0.261. The number of carbonyl (C=O) groups excluding carboxylic acids is 4. The van der Waals surface area contributed by atoms with E-state index in [2.05, 4.69) is 4.74 Å². The van der Waals surface area contributed by atoms with Crippen molar-refractivity contribution in [3.05, 3.63) is 82.0 Å². The summed E-state index contributed by atoms with van der Waals surface area (Å²) in [5, 5.41) is 30.3. The van der Waals surface area contributed by atoms with E-state index < -0.39 is 82.2 Å². The zero-order valence-corrected chi connectivity index (χ0v) is 22.7. The fourth-order valence-corrected chi connectivity index (χ4v) is 6.77. The van der Waals surface area contributed by atoms with Crippen LogP contribution in [-0.4, -0.2) is 51.0 Å². The minimum atomic E-state index is -5.06. The Morgan fingerprint density at radius 1 is 0.977 bits per heavy atom. The molecule has 4 unspecified atom stereocenters. The van der Waals surface area contributed by atoms with Gasteiger partial charge in [-0.05, 0) is 62.1 Å². The van der Waals surface area contributed by atoms with Gasteiger partial charge in [0, 0.05) is 34.3 Å². The first-order chi connectivity index (χ1) is 20.7. The first-order valence-electron chi connectivity index (χ1n) is 13.4. The molecular formula is C31H22F3NO9. The Hall–Kier alpha value is -5.20. The maximum absolute atomic E-state index is 13.9. The molecule has 10 nitrogen and oxygen atoms in total. The second-order valence-electron chi connectivity index (χ2n) is 11.0. The molecule has 0 saturated carbocycles. The van der Waals surface area contributed by atoms with Gasteiger partial charge in [0.05, 0.1) is 17.5 Å². The molecular weight excluding hydrogens is 587 g/mol. The Bertz CT molecular complexity index is 1800. The SMILES string of the molecule is CC1=CC(=O)C2=C(C1=O)C(c1cc(OC(F)(F)F)ccc1O)C1=CCC3C(=O)N(c4ccc(C(=O)O)c(O)c4)C(=O)C3C1C2. The number of aromatic hydroxyl groups is 2. The number of Topliss-reactive ketones (excluding diaryl/α,β-unsaturated/α-hetero) is 1. The second kappa shape index (κ2) is 9.93. The van der Waals surface area contributed by atoms with Crippen LogP contribution in [0, 0.1) is 17.8 Å². The lowest BCUT2D eigenvalue weighted by molar-refractivity contribution is -0.274. The number of allylic oxidation sites excluding steroid dienone is 6. The number of carboxylic acid groups (broad SMARTS) is 1. The van der Waals surface area contributed by atoms with Gasteiger partial charge in [0.2, 0.25) is 11.8 Å². The highest BCUT2D eigenvalue weighted by Crippen LogP contribution is 2.56. The third-order valence-electron chi connectivity index (χ3n) is 8.58. The van der Waals surface area contributed by atoms with E-state index in [9.17, 15) is 52.5 Å². The molecule has 3 aliphatic carbocycles. The van der Waals surface area contributed by atoms with Crippen LogP contribution in [0.4, 0.5) is 18.9 Å². The summed E-state index contributed by atoms with van der Waals surface area (Å²) in [4.78, 5) is 66.4. The zero-order valence-electron chi connectivity index (χ0n) is 22.7. The molecule has 226 valence electrons. The number of ether oxygens (including phenoxy) is 1. The molecule has 0 bridgehead atoms. The van der Waals surface area contributed by atoms with Crippen molar-refractivity contribution in [3.63, 3.8) is 0 Å². The summed E-state index contributed by atoms with van der Waals surface area (Å²) in [5.74, 6) is -9.69. The first-order valence-corrected chi connectivity index (χ1v) is 13.4. The lowest BCUT2D eigenvalue weighted by atomic mass is 9.59. The maximum atomic E-state index is 13.9. The topological polar surface area (TPSA) is 159 Å². The predicted octanol–water partition coefficient (Wildman–Crippen LogP) is 4.33. The second-order valence-corrected chi connectivity index (χ2v) is 11.0. The minimum Gasteiger partial charge on any atom is -0.508 e. The molecule has 3 N–H and O–H groups in total. The number of phenolic OH excluding ortho intramolecular Hbond substituents is 1. The Morgan fingerprint density at radius 2 is 1.70 bits per heavy atom. The van der Waals surface area contributed by atoms with Crippen LogP contribution in [0.2, 0.25) is 0 Å². The largest absolute Gasteiger partial charge is 0.573 e. The third-order valence-corrected chi connectivity index (χ3v) is 8.58. The molecule has 1 aliphatic heterocycles. The van der Waals surface area contributed by atoms with Crippen molar-refractivity contribution < 1.29 is 57.2 Å². The van der Waals surface area contributed by atoms with E-state index in [-0.39, 0.29) is 40.8 Å². The first kappa shape index (κ1) is 28.9. The van der Waals surface area contributed by atoms with Gasteiger partial charge in [0.1, 0.15) is 22.8 Å². The summed E-state index contributed by atoms with van der Waals surface area (Å²) in [5.41, 5.74) is -0.182. The fourth-order valence-electron chi connectivity index (χ4n) is 6.77. The van der Waals surface area contributed by atoms with E-state index in [0.29, 0.717) is 5.57 Å². The number of nitrogens with zero attached hydrogens (tertiary/aromatic N) is 1. The number of aromatic carboxylic acids is 1. The van der Waals surface area contributed by atoms with Gasteiger partial charge in [-0.25, -0.2) is 9.69 Å². The van der Waals surface area contributed by atoms with Crippen LogP contribution in [0.3, 0.4) is 0 Å². The van der Waals surface area contributed by atoms with Gasteiger partial charge in [0.25, 0.3) is 0 Å². The van der Waals surface area contributed by atoms with E-state index in [1.54, 1.807) is 6.08 Å². The van der Waals surface area contributed by atoms with Crippen LogP contribution in [-0.2, 0) is 19.2 Å². The van der Waals surface area contributed by atoms with Crippen molar-refractivity contribution in [3.8, 4) is 17.2 Å². The normalized spacial score (nSPS) is 24.9. The average molecular weight is 610 g/mol. The fraction of sp³-hybridized carbons (Fsp3) is 0.258.